The zero-order chi connectivity index (χ0) is 12.8. The zero-order valence-electron chi connectivity index (χ0n) is 10.8. The van der Waals surface area contributed by atoms with Crippen molar-refractivity contribution in [2.24, 2.45) is 0 Å². The summed E-state index contributed by atoms with van der Waals surface area (Å²) in [6.07, 6.45) is 7.36. The number of fused-ring (bicyclic) bond motifs is 1. The van der Waals surface area contributed by atoms with Crippen LogP contribution >= 0.6 is 11.6 Å². The van der Waals surface area contributed by atoms with Crippen molar-refractivity contribution >= 4 is 11.6 Å². The lowest BCUT2D eigenvalue weighted by molar-refractivity contribution is 0.354. The largest absolute Gasteiger partial charge is 0.493 e. The Balaban J connectivity index is 1.93. The van der Waals surface area contributed by atoms with Gasteiger partial charge in [0.15, 0.2) is 0 Å². The van der Waals surface area contributed by atoms with Crippen molar-refractivity contribution in [2.45, 2.75) is 26.2 Å². The molecule has 1 aliphatic heterocycles. The maximum atomic E-state index is 6.12. The molecule has 1 aromatic rings. The van der Waals surface area contributed by atoms with E-state index in [2.05, 4.69) is 24.4 Å². The third kappa shape index (κ3) is 3.50. The number of halogens is 1. The van der Waals surface area contributed by atoms with E-state index in [-0.39, 0.29) is 0 Å². The molecule has 0 unspecified atom stereocenters. The molecule has 18 heavy (non-hydrogen) atoms. The van der Waals surface area contributed by atoms with Gasteiger partial charge in [-0.3, -0.25) is 0 Å². The highest BCUT2D eigenvalue weighted by atomic mass is 35.5. The van der Waals surface area contributed by atoms with Crippen molar-refractivity contribution in [3.05, 3.63) is 40.4 Å². The maximum absolute atomic E-state index is 6.12. The van der Waals surface area contributed by atoms with Gasteiger partial charge < -0.3 is 10.1 Å². The van der Waals surface area contributed by atoms with Gasteiger partial charge in [-0.2, -0.15) is 0 Å². The van der Waals surface area contributed by atoms with Gasteiger partial charge in [0.05, 0.1) is 6.61 Å². The summed E-state index contributed by atoms with van der Waals surface area (Å²) in [7, 11) is 0. The van der Waals surface area contributed by atoms with Gasteiger partial charge in [-0.15, -0.1) is 0 Å². The highest BCUT2D eigenvalue weighted by Crippen LogP contribution is 2.33. The minimum atomic E-state index is 0.785. The van der Waals surface area contributed by atoms with Crippen LogP contribution in [0.4, 0.5) is 0 Å². The van der Waals surface area contributed by atoms with E-state index in [0.717, 1.165) is 49.7 Å². The standard InChI is InChI=1S/C15H20ClNO/c1-2-17-8-5-3-4-6-12-10-14(16)11-13-7-9-18-15(12)13/h3-4,10-11,17H,2,5-9H2,1H3/b4-3+. The van der Waals surface area contributed by atoms with Crippen molar-refractivity contribution in [1.29, 1.82) is 0 Å². The lowest BCUT2D eigenvalue weighted by Crippen LogP contribution is -2.12. The number of hydrogen-bond donors (Lipinski definition) is 1. The molecule has 3 heteroatoms. The van der Waals surface area contributed by atoms with Crippen LogP contribution in [0.25, 0.3) is 0 Å². The molecule has 1 aromatic carbocycles. The Kier molecular flexibility index (Phi) is 5.09. The monoisotopic (exact) mass is 265 g/mol. The number of ether oxygens (including phenoxy) is 1. The van der Waals surface area contributed by atoms with Crippen LogP contribution in [0.1, 0.15) is 24.5 Å². The predicted octanol–water partition coefficient (Wildman–Crippen LogP) is 3.37. The van der Waals surface area contributed by atoms with E-state index in [4.69, 9.17) is 16.3 Å². The van der Waals surface area contributed by atoms with Gasteiger partial charge >= 0.3 is 0 Å². The Morgan fingerprint density at radius 1 is 1.39 bits per heavy atom. The molecule has 0 amide bonds. The van der Waals surface area contributed by atoms with Crippen LogP contribution < -0.4 is 10.1 Å². The number of allylic oxidation sites excluding steroid dienone is 1. The van der Waals surface area contributed by atoms with E-state index >= 15 is 0 Å². The molecule has 0 aromatic heterocycles. The number of hydrogen-bond acceptors (Lipinski definition) is 2. The third-order valence-electron chi connectivity index (χ3n) is 3.07. The Bertz CT molecular complexity index is 429. The summed E-state index contributed by atoms with van der Waals surface area (Å²) in [5.41, 5.74) is 2.45. The Morgan fingerprint density at radius 2 is 2.28 bits per heavy atom. The lowest BCUT2D eigenvalue weighted by Gasteiger charge is -2.06. The fraction of sp³-hybridized carbons (Fsp3) is 0.467. The summed E-state index contributed by atoms with van der Waals surface area (Å²) < 4.78 is 5.68. The average Bonchev–Trinajstić information content (AvgIpc) is 2.81. The second kappa shape index (κ2) is 6.81. The first kappa shape index (κ1) is 13.4. The summed E-state index contributed by atoms with van der Waals surface area (Å²) in [6.45, 7) is 4.98. The van der Waals surface area contributed by atoms with Crippen LogP contribution in [0, 0.1) is 0 Å². The van der Waals surface area contributed by atoms with Crippen LogP contribution in [-0.4, -0.2) is 19.7 Å². The molecule has 0 saturated heterocycles. The third-order valence-corrected chi connectivity index (χ3v) is 3.29. The molecule has 0 spiro atoms. The predicted molar refractivity (Wildman–Crippen MR) is 76.7 cm³/mol. The van der Waals surface area contributed by atoms with E-state index < -0.39 is 0 Å². The summed E-state index contributed by atoms with van der Waals surface area (Å²) in [5.74, 6) is 1.05. The number of benzene rings is 1. The first-order valence-electron chi connectivity index (χ1n) is 6.61. The minimum Gasteiger partial charge on any atom is -0.493 e. The fourth-order valence-electron chi connectivity index (χ4n) is 2.19. The van der Waals surface area contributed by atoms with Gasteiger partial charge in [0, 0.05) is 11.4 Å². The molecule has 98 valence electrons. The SMILES string of the molecule is CCNCC/C=C/Cc1cc(Cl)cc2c1OCC2. The topological polar surface area (TPSA) is 21.3 Å². The van der Waals surface area contributed by atoms with Crippen molar-refractivity contribution in [1.82, 2.24) is 5.32 Å². The van der Waals surface area contributed by atoms with E-state index in [1.54, 1.807) is 0 Å². The maximum Gasteiger partial charge on any atom is 0.126 e. The first-order chi connectivity index (χ1) is 8.81. The molecule has 0 saturated carbocycles. The first-order valence-corrected chi connectivity index (χ1v) is 6.99. The number of rotatable bonds is 6. The molecule has 2 rings (SSSR count). The molecule has 0 aliphatic carbocycles. The normalized spacial score (nSPS) is 13.9. The van der Waals surface area contributed by atoms with Gasteiger partial charge in [-0.1, -0.05) is 30.7 Å². The Morgan fingerprint density at radius 3 is 3.11 bits per heavy atom. The molecule has 0 radical (unpaired) electrons. The summed E-state index contributed by atoms with van der Waals surface area (Å²) in [6, 6.07) is 4.03. The fourth-order valence-corrected chi connectivity index (χ4v) is 2.45. The summed E-state index contributed by atoms with van der Waals surface area (Å²) >= 11 is 6.12. The lowest BCUT2D eigenvalue weighted by atomic mass is 10.1. The number of nitrogens with one attached hydrogen (secondary N) is 1. The van der Waals surface area contributed by atoms with Crippen LogP contribution in [0.5, 0.6) is 5.75 Å². The van der Waals surface area contributed by atoms with Crippen molar-refractivity contribution in [3.63, 3.8) is 0 Å². The second-order valence-electron chi connectivity index (χ2n) is 4.47. The molecular formula is C15H20ClNO. The summed E-state index contributed by atoms with van der Waals surface area (Å²) in [4.78, 5) is 0. The summed E-state index contributed by atoms with van der Waals surface area (Å²) in [5, 5.41) is 4.12. The molecule has 1 aliphatic rings. The Hall–Kier alpha value is -0.990. The second-order valence-corrected chi connectivity index (χ2v) is 4.91. The van der Waals surface area contributed by atoms with E-state index in [1.807, 2.05) is 12.1 Å². The minimum absolute atomic E-state index is 0.785. The molecule has 0 atom stereocenters. The van der Waals surface area contributed by atoms with E-state index in [9.17, 15) is 0 Å². The molecule has 1 heterocycles. The van der Waals surface area contributed by atoms with Crippen molar-refractivity contribution in [2.75, 3.05) is 19.7 Å². The van der Waals surface area contributed by atoms with Crippen molar-refractivity contribution in [3.8, 4) is 5.75 Å². The highest BCUT2D eigenvalue weighted by Gasteiger charge is 2.16. The van der Waals surface area contributed by atoms with Crippen LogP contribution in [0.3, 0.4) is 0 Å². The van der Waals surface area contributed by atoms with Gasteiger partial charge in [0.1, 0.15) is 5.75 Å². The smallest absolute Gasteiger partial charge is 0.126 e. The average molecular weight is 266 g/mol. The van der Waals surface area contributed by atoms with Crippen molar-refractivity contribution < 1.29 is 4.74 Å². The quantitative estimate of drug-likeness (QED) is 0.629. The molecule has 2 nitrogen and oxygen atoms in total. The molecule has 1 N–H and O–H groups in total. The van der Waals surface area contributed by atoms with Crippen LogP contribution in [0.15, 0.2) is 24.3 Å². The van der Waals surface area contributed by atoms with Crippen LogP contribution in [-0.2, 0) is 12.8 Å². The van der Waals surface area contributed by atoms with E-state index in [1.165, 1.54) is 11.1 Å². The van der Waals surface area contributed by atoms with Gasteiger partial charge in [0.25, 0.3) is 0 Å². The highest BCUT2D eigenvalue weighted by molar-refractivity contribution is 6.30. The van der Waals surface area contributed by atoms with Crippen LogP contribution in [0.2, 0.25) is 5.02 Å². The molecule has 0 fully saturated rings. The van der Waals surface area contributed by atoms with Gasteiger partial charge in [0.2, 0.25) is 0 Å². The molecule has 0 bridgehead atoms. The Labute approximate surface area is 114 Å². The van der Waals surface area contributed by atoms with Gasteiger partial charge in [-0.05, 0) is 49.2 Å². The zero-order valence-corrected chi connectivity index (χ0v) is 11.6. The van der Waals surface area contributed by atoms with E-state index in [0.29, 0.717) is 0 Å². The van der Waals surface area contributed by atoms with Gasteiger partial charge in [-0.25, -0.2) is 0 Å². The molecular weight excluding hydrogens is 246 g/mol.